The van der Waals surface area contributed by atoms with Crippen molar-refractivity contribution in [2.75, 3.05) is 12.3 Å². The number of aliphatic imine (C=N–C) groups is 1. The summed E-state index contributed by atoms with van der Waals surface area (Å²) in [5.74, 6) is 3.82. The fourth-order valence-electron chi connectivity index (χ4n) is 1.99. The third-order valence-corrected chi connectivity index (χ3v) is 4.19. The maximum atomic E-state index is 5.56. The zero-order valence-corrected chi connectivity index (χ0v) is 11.7. The Morgan fingerprint density at radius 1 is 1.53 bits per heavy atom. The van der Waals surface area contributed by atoms with E-state index in [9.17, 15) is 0 Å². The van der Waals surface area contributed by atoms with Crippen molar-refractivity contribution in [2.45, 2.75) is 33.7 Å². The van der Waals surface area contributed by atoms with Crippen molar-refractivity contribution in [2.24, 2.45) is 10.9 Å². The number of amidine groups is 1. The molecule has 4 heteroatoms. The zero-order valence-electron chi connectivity index (χ0n) is 10.9. The van der Waals surface area contributed by atoms with Crippen LogP contribution in [0.5, 0.6) is 0 Å². The van der Waals surface area contributed by atoms with Crippen molar-refractivity contribution in [1.29, 1.82) is 0 Å². The Morgan fingerprint density at radius 3 is 2.82 bits per heavy atom. The number of rotatable bonds is 2. The second-order valence-electron chi connectivity index (χ2n) is 4.80. The molecular weight excluding hydrogens is 232 g/mol. The highest BCUT2D eigenvalue weighted by molar-refractivity contribution is 8.13. The van der Waals surface area contributed by atoms with Crippen LogP contribution in [0.25, 0.3) is 0 Å². The third kappa shape index (κ3) is 3.06. The minimum Gasteiger partial charge on any atom is -0.466 e. The average molecular weight is 252 g/mol. The topological polar surface area (TPSA) is 37.5 Å². The van der Waals surface area contributed by atoms with Crippen LogP contribution in [0.4, 0.5) is 0 Å². The van der Waals surface area contributed by atoms with Gasteiger partial charge in [-0.05, 0) is 32.8 Å². The minimum absolute atomic E-state index is 0.257. The molecule has 0 aliphatic carbocycles. The molecule has 0 spiro atoms. The lowest BCUT2D eigenvalue weighted by Gasteiger charge is -2.21. The van der Waals surface area contributed by atoms with Gasteiger partial charge >= 0.3 is 0 Å². The van der Waals surface area contributed by atoms with Crippen molar-refractivity contribution in [3.63, 3.8) is 0 Å². The number of thioether (sulfide) groups is 1. The molecule has 0 saturated heterocycles. The Bertz CT molecular complexity index is 425. The average Bonchev–Trinajstić information content (AvgIpc) is 2.61. The summed E-state index contributed by atoms with van der Waals surface area (Å²) < 4.78 is 5.56. The molecule has 0 radical (unpaired) electrons. The Labute approximate surface area is 107 Å². The predicted octanol–water partition coefficient (Wildman–Crippen LogP) is 3.29. The minimum atomic E-state index is 0.257. The molecule has 17 heavy (non-hydrogen) atoms. The van der Waals surface area contributed by atoms with Crippen LogP contribution in [0.2, 0.25) is 0 Å². The van der Waals surface area contributed by atoms with Crippen molar-refractivity contribution in [1.82, 2.24) is 5.32 Å². The zero-order chi connectivity index (χ0) is 12.4. The van der Waals surface area contributed by atoms with Gasteiger partial charge in [0, 0.05) is 17.9 Å². The van der Waals surface area contributed by atoms with E-state index in [0.29, 0.717) is 5.92 Å². The molecule has 0 fully saturated rings. The molecule has 0 amide bonds. The first-order valence-corrected chi connectivity index (χ1v) is 7.05. The Kier molecular flexibility index (Phi) is 3.82. The molecule has 2 rings (SSSR count). The molecule has 0 aromatic carbocycles. The highest BCUT2D eigenvalue weighted by atomic mass is 32.2. The van der Waals surface area contributed by atoms with Gasteiger partial charge in [-0.1, -0.05) is 18.7 Å². The van der Waals surface area contributed by atoms with Crippen molar-refractivity contribution >= 4 is 16.9 Å². The lowest BCUT2D eigenvalue weighted by Crippen LogP contribution is -2.28. The van der Waals surface area contributed by atoms with E-state index in [1.165, 1.54) is 5.56 Å². The first-order chi connectivity index (χ1) is 8.06. The summed E-state index contributed by atoms with van der Waals surface area (Å²) in [5.41, 5.74) is 1.23. The summed E-state index contributed by atoms with van der Waals surface area (Å²) >= 11 is 1.82. The molecule has 3 nitrogen and oxygen atoms in total. The van der Waals surface area contributed by atoms with Gasteiger partial charge in [-0.3, -0.25) is 4.99 Å². The van der Waals surface area contributed by atoms with Crippen molar-refractivity contribution in [3.05, 3.63) is 23.2 Å². The smallest absolute Gasteiger partial charge is 0.157 e. The number of nitrogens with one attached hydrogen (secondary N) is 1. The molecule has 1 aromatic heterocycles. The van der Waals surface area contributed by atoms with Gasteiger partial charge in [0.2, 0.25) is 0 Å². The molecule has 94 valence electrons. The van der Waals surface area contributed by atoms with E-state index < -0.39 is 0 Å². The van der Waals surface area contributed by atoms with Gasteiger partial charge in [0.05, 0.1) is 6.04 Å². The second-order valence-corrected chi connectivity index (χ2v) is 5.81. The van der Waals surface area contributed by atoms with Crippen LogP contribution in [0.15, 0.2) is 15.5 Å². The van der Waals surface area contributed by atoms with Crippen molar-refractivity contribution in [3.8, 4) is 0 Å². The van der Waals surface area contributed by atoms with Gasteiger partial charge in [0.25, 0.3) is 0 Å². The Morgan fingerprint density at radius 2 is 2.29 bits per heavy atom. The van der Waals surface area contributed by atoms with E-state index in [0.717, 1.165) is 29.0 Å². The van der Waals surface area contributed by atoms with E-state index in [-0.39, 0.29) is 6.04 Å². The van der Waals surface area contributed by atoms with Crippen LogP contribution < -0.4 is 5.32 Å². The number of hydrogen-bond donors (Lipinski definition) is 1. The Hall–Kier alpha value is -0.900. The maximum absolute atomic E-state index is 5.56. The quantitative estimate of drug-likeness (QED) is 0.877. The van der Waals surface area contributed by atoms with Gasteiger partial charge in [0.1, 0.15) is 11.5 Å². The van der Waals surface area contributed by atoms with Crippen molar-refractivity contribution < 1.29 is 4.42 Å². The van der Waals surface area contributed by atoms with Crippen LogP contribution in [0.1, 0.15) is 37.0 Å². The van der Waals surface area contributed by atoms with Crippen LogP contribution in [-0.4, -0.2) is 17.5 Å². The standard InChI is InChI=1S/C13H20N2OS/c1-8-6-14-13(17-7-8)15-10(3)12-5-9(2)16-11(12)4/h5,8,10H,6-7H2,1-4H3,(H,14,15). The lowest BCUT2D eigenvalue weighted by atomic mass is 10.1. The molecule has 1 N–H and O–H groups in total. The highest BCUT2D eigenvalue weighted by Gasteiger charge is 2.17. The summed E-state index contributed by atoms with van der Waals surface area (Å²) in [4.78, 5) is 4.55. The first kappa shape index (κ1) is 12.6. The van der Waals surface area contributed by atoms with Gasteiger partial charge in [-0.25, -0.2) is 0 Å². The number of hydrogen-bond acceptors (Lipinski definition) is 4. The molecular formula is C13H20N2OS. The molecule has 2 heterocycles. The monoisotopic (exact) mass is 252 g/mol. The highest BCUT2D eigenvalue weighted by Crippen LogP contribution is 2.23. The first-order valence-electron chi connectivity index (χ1n) is 6.07. The number of aryl methyl sites for hydroxylation is 2. The summed E-state index contributed by atoms with van der Waals surface area (Å²) in [6.07, 6.45) is 0. The van der Waals surface area contributed by atoms with Crippen LogP contribution in [0, 0.1) is 19.8 Å². The third-order valence-electron chi connectivity index (χ3n) is 2.94. The Balaban J connectivity index is 2.02. The van der Waals surface area contributed by atoms with Gasteiger partial charge in [-0.2, -0.15) is 0 Å². The van der Waals surface area contributed by atoms with E-state index in [2.05, 4.69) is 30.2 Å². The number of furan rings is 1. The molecule has 1 aliphatic heterocycles. The molecule has 0 bridgehead atoms. The summed E-state index contributed by atoms with van der Waals surface area (Å²) in [6.45, 7) is 9.32. The normalized spacial score (nSPS) is 22.1. The molecule has 2 unspecified atom stereocenters. The van der Waals surface area contributed by atoms with Crippen LogP contribution in [-0.2, 0) is 0 Å². The van der Waals surface area contributed by atoms with E-state index in [1.807, 2.05) is 25.6 Å². The second kappa shape index (κ2) is 5.17. The largest absolute Gasteiger partial charge is 0.466 e. The molecule has 1 aliphatic rings. The van der Waals surface area contributed by atoms with Gasteiger partial charge in [-0.15, -0.1) is 0 Å². The predicted molar refractivity (Wildman–Crippen MR) is 73.7 cm³/mol. The molecule has 0 saturated carbocycles. The van der Waals surface area contributed by atoms with E-state index in [4.69, 9.17) is 4.42 Å². The summed E-state index contributed by atoms with van der Waals surface area (Å²) in [6, 6.07) is 2.36. The molecule has 2 atom stereocenters. The molecule has 1 aromatic rings. The summed E-state index contributed by atoms with van der Waals surface area (Å²) in [7, 11) is 0. The fraction of sp³-hybridized carbons (Fsp3) is 0.615. The van der Waals surface area contributed by atoms with E-state index in [1.54, 1.807) is 0 Å². The number of nitrogens with zero attached hydrogens (tertiary/aromatic N) is 1. The van der Waals surface area contributed by atoms with E-state index >= 15 is 0 Å². The SMILES string of the molecule is Cc1cc(C(C)NC2=NCC(C)CS2)c(C)o1. The van der Waals surface area contributed by atoms with Crippen LogP contribution in [0.3, 0.4) is 0 Å². The summed E-state index contributed by atoms with van der Waals surface area (Å²) in [5, 5.41) is 4.53. The van der Waals surface area contributed by atoms with Gasteiger partial charge in [0.15, 0.2) is 5.17 Å². The van der Waals surface area contributed by atoms with Crippen LogP contribution >= 0.6 is 11.8 Å². The lowest BCUT2D eigenvalue weighted by molar-refractivity contribution is 0.497. The maximum Gasteiger partial charge on any atom is 0.157 e. The van der Waals surface area contributed by atoms with Gasteiger partial charge < -0.3 is 9.73 Å². The fourth-order valence-corrected chi connectivity index (χ4v) is 2.96.